The molecule has 1 aromatic rings. The van der Waals surface area contributed by atoms with Gasteiger partial charge >= 0.3 is 5.97 Å². The van der Waals surface area contributed by atoms with Crippen LogP contribution in [0.5, 0.6) is 0 Å². The van der Waals surface area contributed by atoms with Crippen molar-refractivity contribution < 1.29 is 9.90 Å². The van der Waals surface area contributed by atoms with Crippen LogP contribution in [-0.2, 0) is 0 Å². The zero-order valence-electron chi connectivity index (χ0n) is 6.04. The lowest BCUT2D eigenvalue weighted by atomic mass is 10.1. The van der Waals surface area contributed by atoms with Crippen molar-refractivity contribution in [3.8, 4) is 0 Å². The molecule has 62 valence electrons. The van der Waals surface area contributed by atoms with Crippen molar-refractivity contribution in [2.24, 2.45) is 0 Å². The average molecular weight is 275 g/mol. The van der Waals surface area contributed by atoms with Gasteiger partial charge in [0.1, 0.15) is 3.72 Å². The summed E-state index contributed by atoms with van der Waals surface area (Å²) in [5.74, 6) is -0.994. The molecule has 1 rings (SSSR count). The minimum absolute atomic E-state index is 0.178. The van der Waals surface area contributed by atoms with E-state index < -0.39 is 5.97 Å². The summed E-state index contributed by atoms with van der Waals surface area (Å²) < 4.78 is 0.241. The molecule has 0 unspecified atom stereocenters. The van der Waals surface area contributed by atoms with E-state index in [0.717, 1.165) is 0 Å². The van der Waals surface area contributed by atoms with E-state index in [2.05, 4.69) is 0 Å². The van der Waals surface area contributed by atoms with E-state index in [1.165, 1.54) is 6.07 Å². The normalized spacial score (nSPS) is 9.42. The standard InChI is InChI=1S/C8H6INO2/c9-7(10)5-3-1-2-4-6(5)8(11)12/h1-4,10H,(H,11,12). The molecule has 0 saturated carbocycles. The zero-order chi connectivity index (χ0) is 9.14. The van der Waals surface area contributed by atoms with Crippen LogP contribution in [0.1, 0.15) is 15.9 Å². The molecule has 0 aliphatic rings. The lowest BCUT2D eigenvalue weighted by Gasteiger charge is -2.00. The molecule has 0 atom stereocenters. The first-order valence-corrected chi connectivity index (χ1v) is 4.27. The highest BCUT2D eigenvalue weighted by atomic mass is 127. The topological polar surface area (TPSA) is 61.2 Å². The Kier molecular flexibility index (Phi) is 2.80. The lowest BCUT2D eigenvalue weighted by Crippen LogP contribution is -2.03. The third kappa shape index (κ3) is 1.82. The fourth-order valence-corrected chi connectivity index (χ4v) is 1.33. The molecule has 3 nitrogen and oxygen atoms in total. The molecule has 0 radical (unpaired) electrons. The van der Waals surface area contributed by atoms with Crippen LogP contribution >= 0.6 is 22.6 Å². The third-order valence-corrected chi connectivity index (χ3v) is 1.98. The Balaban J connectivity index is 3.27. The molecule has 0 aliphatic heterocycles. The fourth-order valence-electron chi connectivity index (χ4n) is 0.861. The summed E-state index contributed by atoms with van der Waals surface area (Å²) in [5.41, 5.74) is 0.641. The first-order chi connectivity index (χ1) is 5.63. The predicted molar refractivity (Wildman–Crippen MR) is 54.3 cm³/mol. The number of carboxylic acid groups (broad SMARTS) is 1. The highest BCUT2D eigenvalue weighted by Gasteiger charge is 2.10. The Labute approximate surface area is 83.1 Å². The first kappa shape index (κ1) is 9.18. The summed E-state index contributed by atoms with van der Waals surface area (Å²) in [6.07, 6.45) is 0. The van der Waals surface area contributed by atoms with Crippen molar-refractivity contribution in [2.45, 2.75) is 0 Å². The number of carbonyl (C=O) groups is 1. The summed E-state index contributed by atoms with van der Waals surface area (Å²) in [4.78, 5) is 10.6. The van der Waals surface area contributed by atoms with Gasteiger partial charge in [-0.2, -0.15) is 0 Å². The summed E-state index contributed by atoms with van der Waals surface area (Å²) in [6, 6.07) is 6.48. The van der Waals surface area contributed by atoms with Gasteiger partial charge in [0.2, 0.25) is 0 Å². The van der Waals surface area contributed by atoms with Crippen molar-refractivity contribution in [1.29, 1.82) is 5.41 Å². The molecular formula is C8H6INO2. The number of benzene rings is 1. The predicted octanol–water partition coefficient (Wildman–Crippen LogP) is 2.15. The molecule has 0 amide bonds. The maximum atomic E-state index is 10.6. The van der Waals surface area contributed by atoms with E-state index in [-0.39, 0.29) is 9.28 Å². The number of hydrogen-bond donors (Lipinski definition) is 2. The van der Waals surface area contributed by atoms with Crippen LogP contribution in [0.4, 0.5) is 0 Å². The van der Waals surface area contributed by atoms with E-state index in [4.69, 9.17) is 10.5 Å². The molecule has 0 heterocycles. The summed E-state index contributed by atoms with van der Waals surface area (Å²) >= 11 is 1.79. The van der Waals surface area contributed by atoms with E-state index in [1.807, 2.05) is 0 Å². The second-order valence-electron chi connectivity index (χ2n) is 2.16. The van der Waals surface area contributed by atoms with Crippen LogP contribution in [0, 0.1) is 5.41 Å². The fraction of sp³-hybridized carbons (Fsp3) is 0. The van der Waals surface area contributed by atoms with Gasteiger partial charge in [0.15, 0.2) is 0 Å². The third-order valence-electron chi connectivity index (χ3n) is 1.39. The molecule has 1 aromatic carbocycles. The molecule has 0 fully saturated rings. The van der Waals surface area contributed by atoms with Crippen molar-refractivity contribution in [1.82, 2.24) is 0 Å². The summed E-state index contributed by atoms with van der Waals surface area (Å²) in [5, 5.41) is 16.0. The SMILES string of the molecule is N=C(I)c1ccccc1C(=O)O. The Hall–Kier alpha value is -0.910. The van der Waals surface area contributed by atoms with Gasteiger partial charge in [0.05, 0.1) is 5.56 Å². The average Bonchev–Trinajstić information content (AvgIpc) is 2.04. The molecular weight excluding hydrogens is 269 g/mol. The Morgan fingerprint density at radius 2 is 1.83 bits per heavy atom. The van der Waals surface area contributed by atoms with Crippen LogP contribution < -0.4 is 0 Å². The molecule has 0 aromatic heterocycles. The van der Waals surface area contributed by atoms with Crippen LogP contribution in [0.3, 0.4) is 0 Å². The first-order valence-electron chi connectivity index (χ1n) is 3.19. The van der Waals surface area contributed by atoms with Gasteiger partial charge < -0.3 is 5.11 Å². The van der Waals surface area contributed by atoms with Gasteiger partial charge in [-0.1, -0.05) is 18.2 Å². The van der Waals surface area contributed by atoms with Crippen LogP contribution in [-0.4, -0.2) is 14.8 Å². The molecule has 12 heavy (non-hydrogen) atoms. The van der Waals surface area contributed by atoms with E-state index in [0.29, 0.717) is 5.56 Å². The highest BCUT2D eigenvalue weighted by Crippen LogP contribution is 2.12. The maximum absolute atomic E-state index is 10.6. The van der Waals surface area contributed by atoms with Gasteiger partial charge in [-0.3, -0.25) is 5.41 Å². The monoisotopic (exact) mass is 275 g/mol. The Morgan fingerprint density at radius 3 is 2.17 bits per heavy atom. The second-order valence-corrected chi connectivity index (χ2v) is 3.24. The number of carboxylic acids is 1. The number of nitrogens with one attached hydrogen (secondary N) is 1. The van der Waals surface area contributed by atoms with Crippen LogP contribution in [0.2, 0.25) is 0 Å². The maximum Gasteiger partial charge on any atom is 0.336 e. The largest absolute Gasteiger partial charge is 0.478 e. The molecule has 4 heteroatoms. The Bertz CT molecular complexity index is 303. The minimum Gasteiger partial charge on any atom is -0.478 e. The van der Waals surface area contributed by atoms with E-state index in [9.17, 15) is 4.79 Å². The van der Waals surface area contributed by atoms with E-state index >= 15 is 0 Å². The summed E-state index contributed by atoms with van der Waals surface area (Å²) in [7, 11) is 0. The lowest BCUT2D eigenvalue weighted by molar-refractivity contribution is 0.0697. The molecule has 0 saturated heterocycles. The Morgan fingerprint density at radius 1 is 1.33 bits per heavy atom. The number of rotatable bonds is 2. The summed E-state index contributed by atoms with van der Waals surface area (Å²) in [6.45, 7) is 0. The number of hydrogen-bond acceptors (Lipinski definition) is 2. The number of halogens is 1. The quantitative estimate of drug-likeness (QED) is 0.641. The van der Waals surface area contributed by atoms with Gasteiger partial charge in [0, 0.05) is 5.56 Å². The van der Waals surface area contributed by atoms with Crippen LogP contribution in [0.25, 0.3) is 0 Å². The van der Waals surface area contributed by atoms with Crippen molar-refractivity contribution in [3.05, 3.63) is 35.4 Å². The van der Waals surface area contributed by atoms with E-state index in [1.54, 1.807) is 40.8 Å². The molecule has 0 aliphatic carbocycles. The molecule has 0 spiro atoms. The zero-order valence-corrected chi connectivity index (χ0v) is 8.20. The molecule has 0 bridgehead atoms. The number of aromatic carboxylic acids is 1. The van der Waals surface area contributed by atoms with Crippen LogP contribution in [0.15, 0.2) is 24.3 Å². The van der Waals surface area contributed by atoms with Crippen molar-refractivity contribution in [3.63, 3.8) is 0 Å². The second kappa shape index (κ2) is 3.66. The van der Waals surface area contributed by atoms with Gasteiger partial charge in [0.25, 0.3) is 0 Å². The van der Waals surface area contributed by atoms with Crippen molar-refractivity contribution >= 4 is 32.3 Å². The smallest absolute Gasteiger partial charge is 0.336 e. The van der Waals surface area contributed by atoms with Gasteiger partial charge in [-0.05, 0) is 28.7 Å². The van der Waals surface area contributed by atoms with Crippen molar-refractivity contribution in [2.75, 3.05) is 0 Å². The highest BCUT2D eigenvalue weighted by molar-refractivity contribution is 14.1. The van der Waals surface area contributed by atoms with Gasteiger partial charge in [-0.25, -0.2) is 4.79 Å². The van der Waals surface area contributed by atoms with Gasteiger partial charge in [-0.15, -0.1) is 0 Å². The minimum atomic E-state index is -0.994. The molecule has 2 N–H and O–H groups in total.